The largest absolute Gasteiger partial charge is 0.318 e. The molecule has 0 bridgehead atoms. The number of amides is 3. The average molecular weight is 326 g/mol. The normalized spacial score (nSPS) is 10.2. The van der Waals surface area contributed by atoms with Crippen LogP contribution >= 0.6 is 23.5 Å². The van der Waals surface area contributed by atoms with E-state index in [0.717, 1.165) is 11.5 Å². The van der Waals surface area contributed by atoms with Crippen molar-refractivity contribution >= 4 is 46.9 Å². The molecule has 0 radical (unpaired) electrons. The second-order valence-electron chi connectivity index (χ2n) is 3.88. The third-order valence-electron chi connectivity index (χ3n) is 2.32. The zero-order valence-corrected chi connectivity index (χ0v) is 13.6. The molecule has 0 aliphatic rings. The van der Waals surface area contributed by atoms with E-state index in [1.807, 2.05) is 13.8 Å². The standard InChI is InChI=1S/C14H18N2O3S2/c1-3-20-14(21-4-2)13(19)16-12(18)11(17)15-10-8-6-5-7-9-10/h5-9,14H,3-4H2,1-2H3,(H,15,17)(H,16,18,19). The van der Waals surface area contributed by atoms with E-state index in [0.29, 0.717) is 5.69 Å². The maximum atomic E-state index is 11.9. The van der Waals surface area contributed by atoms with Crippen molar-refractivity contribution in [1.82, 2.24) is 5.32 Å². The first kappa shape index (κ1) is 17.6. The van der Waals surface area contributed by atoms with Gasteiger partial charge in [0.2, 0.25) is 5.91 Å². The molecule has 0 spiro atoms. The molecule has 3 amide bonds. The smallest absolute Gasteiger partial charge is 0.316 e. The molecule has 0 saturated carbocycles. The Morgan fingerprint density at radius 1 is 1.00 bits per heavy atom. The van der Waals surface area contributed by atoms with Crippen molar-refractivity contribution in [3.63, 3.8) is 0 Å². The van der Waals surface area contributed by atoms with Gasteiger partial charge in [0.15, 0.2) is 0 Å². The quantitative estimate of drug-likeness (QED) is 0.618. The highest BCUT2D eigenvalue weighted by atomic mass is 32.2. The van der Waals surface area contributed by atoms with Crippen LogP contribution < -0.4 is 10.6 Å². The number of anilines is 1. The summed E-state index contributed by atoms with van der Waals surface area (Å²) < 4.78 is -0.381. The number of benzene rings is 1. The molecule has 21 heavy (non-hydrogen) atoms. The second-order valence-corrected chi connectivity index (χ2v) is 6.94. The summed E-state index contributed by atoms with van der Waals surface area (Å²) in [5, 5.41) is 4.57. The number of para-hydroxylation sites is 1. The second kappa shape index (κ2) is 9.46. The fraction of sp³-hybridized carbons (Fsp3) is 0.357. The predicted octanol–water partition coefficient (Wildman–Crippen LogP) is 2.10. The van der Waals surface area contributed by atoms with Crippen LogP contribution in [0.3, 0.4) is 0 Å². The van der Waals surface area contributed by atoms with Crippen molar-refractivity contribution in [2.75, 3.05) is 16.8 Å². The Kier molecular flexibility index (Phi) is 7.92. The van der Waals surface area contributed by atoms with Crippen molar-refractivity contribution in [2.45, 2.75) is 18.4 Å². The highest BCUT2D eigenvalue weighted by molar-refractivity contribution is 8.18. The molecule has 5 nitrogen and oxygen atoms in total. The predicted molar refractivity (Wildman–Crippen MR) is 88.3 cm³/mol. The van der Waals surface area contributed by atoms with Crippen LogP contribution in [0, 0.1) is 0 Å². The van der Waals surface area contributed by atoms with Gasteiger partial charge in [0.1, 0.15) is 4.58 Å². The van der Waals surface area contributed by atoms with Crippen molar-refractivity contribution in [1.29, 1.82) is 0 Å². The van der Waals surface area contributed by atoms with E-state index in [4.69, 9.17) is 0 Å². The Balaban J connectivity index is 2.54. The van der Waals surface area contributed by atoms with Crippen LogP contribution in [0.25, 0.3) is 0 Å². The molecule has 0 aliphatic heterocycles. The minimum Gasteiger partial charge on any atom is -0.318 e. The molecule has 0 unspecified atom stereocenters. The first-order valence-electron chi connectivity index (χ1n) is 6.52. The zero-order chi connectivity index (χ0) is 15.7. The molecule has 0 aromatic heterocycles. The third kappa shape index (κ3) is 6.22. The van der Waals surface area contributed by atoms with E-state index in [2.05, 4.69) is 10.6 Å². The van der Waals surface area contributed by atoms with E-state index in [-0.39, 0.29) is 4.58 Å². The number of nitrogens with one attached hydrogen (secondary N) is 2. The number of carbonyl (C=O) groups is 3. The lowest BCUT2D eigenvalue weighted by atomic mass is 10.3. The van der Waals surface area contributed by atoms with Gasteiger partial charge in [-0.05, 0) is 23.6 Å². The Morgan fingerprint density at radius 2 is 1.57 bits per heavy atom. The van der Waals surface area contributed by atoms with Crippen LogP contribution in [0.2, 0.25) is 0 Å². The Hall–Kier alpha value is -1.47. The molecule has 2 N–H and O–H groups in total. The monoisotopic (exact) mass is 326 g/mol. The summed E-state index contributed by atoms with van der Waals surface area (Å²) in [6, 6.07) is 8.61. The molecular formula is C14H18N2O3S2. The number of imide groups is 1. The highest BCUT2D eigenvalue weighted by Gasteiger charge is 2.23. The van der Waals surface area contributed by atoms with Gasteiger partial charge in [-0.2, -0.15) is 0 Å². The van der Waals surface area contributed by atoms with Crippen molar-refractivity contribution < 1.29 is 14.4 Å². The van der Waals surface area contributed by atoms with E-state index in [1.54, 1.807) is 30.3 Å². The summed E-state index contributed by atoms with van der Waals surface area (Å²) in [6.07, 6.45) is 0. The lowest BCUT2D eigenvalue weighted by Gasteiger charge is -2.13. The Bertz CT molecular complexity index is 488. The molecule has 1 aromatic carbocycles. The lowest BCUT2D eigenvalue weighted by Crippen LogP contribution is -2.42. The van der Waals surface area contributed by atoms with Crippen LogP contribution in [-0.4, -0.2) is 33.8 Å². The third-order valence-corrected chi connectivity index (χ3v) is 4.84. The van der Waals surface area contributed by atoms with Gasteiger partial charge >= 0.3 is 11.8 Å². The van der Waals surface area contributed by atoms with Crippen molar-refractivity contribution in [2.24, 2.45) is 0 Å². The summed E-state index contributed by atoms with van der Waals surface area (Å²) in [5.41, 5.74) is 0.507. The van der Waals surface area contributed by atoms with Crippen LogP contribution in [0.1, 0.15) is 13.8 Å². The molecule has 0 aliphatic carbocycles. The van der Waals surface area contributed by atoms with E-state index >= 15 is 0 Å². The average Bonchev–Trinajstić information content (AvgIpc) is 2.47. The summed E-state index contributed by atoms with van der Waals surface area (Å²) in [4.78, 5) is 35.3. The summed E-state index contributed by atoms with van der Waals surface area (Å²) >= 11 is 2.87. The van der Waals surface area contributed by atoms with Gasteiger partial charge in [-0.15, -0.1) is 23.5 Å². The fourth-order valence-corrected chi connectivity index (χ4v) is 3.67. The molecule has 114 valence electrons. The molecule has 0 saturated heterocycles. The fourth-order valence-electron chi connectivity index (χ4n) is 1.44. The number of hydrogen-bond donors (Lipinski definition) is 2. The molecule has 0 atom stereocenters. The minimum atomic E-state index is -0.942. The van der Waals surface area contributed by atoms with Gasteiger partial charge in [-0.1, -0.05) is 32.0 Å². The summed E-state index contributed by atoms with van der Waals surface area (Å²) in [7, 11) is 0. The molecule has 1 aromatic rings. The first-order valence-corrected chi connectivity index (χ1v) is 8.62. The van der Waals surface area contributed by atoms with Gasteiger partial charge in [0, 0.05) is 5.69 Å². The van der Waals surface area contributed by atoms with E-state index in [9.17, 15) is 14.4 Å². The molecule has 0 heterocycles. The van der Waals surface area contributed by atoms with Crippen LogP contribution in [0.15, 0.2) is 30.3 Å². The van der Waals surface area contributed by atoms with Gasteiger partial charge < -0.3 is 5.32 Å². The number of thioether (sulfide) groups is 2. The van der Waals surface area contributed by atoms with Gasteiger partial charge in [0.25, 0.3) is 0 Å². The van der Waals surface area contributed by atoms with Crippen LogP contribution in [0.5, 0.6) is 0 Å². The highest BCUT2D eigenvalue weighted by Crippen LogP contribution is 2.23. The Labute approximate surface area is 132 Å². The summed E-state index contributed by atoms with van der Waals surface area (Å²) in [6.45, 7) is 3.87. The SMILES string of the molecule is CCSC(SCC)C(=O)NC(=O)C(=O)Nc1ccccc1. The van der Waals surface area contributed by atoms with Crippen LogP contribution in [-0.2, 0) is 14.4 Å². The number of rotatable bonds is 6. The molecule has 1 rings (SSSR count). The van der Waals surface area contributed by atoms with Gasteiger partial charge in [0.05, 0.1) is 0 Å². The zero-order valence-electron chi connectivity index (χ0n) is 11.9. The maximum Gasteiger partial charge on any atom is 0.316 e. The number of hydrogen-bond acceptors (Lipinski definition) is 5. The number of carbonyl (C=O) groups excluding carboxylic acids is 3. The maximum absolute atomic E-state index is 11.9. The molecular weight excluding hydrogens is 308 g/mol. The van der Waals surface area contributed by atoms with E-state index < -0.39 is 17.7 Å². The van der Waals surface area contributed by atoms with Gasteiger partial charge in [-0.3, -0.25) is 19.7 Å². The Morgan fingerprint density at radius 3 is 2.10 bits per heavy atom. The summed E-state index contributed by atoms with van der Waals surface area (Å²) in [5.74, 6) is -0.717. The van der Waals surface area contributed by atoms with Gasteiger partial charge in [-0.25, -0.2) is 0 Å². The van der Waals surface area contributed by atoms with Crippen LogP contribution in [0.4, 0.5) is 5.69 Å². The van der Waals surface area contributed by atoms with Crippen molar-refractivity contribution in [3.05, 3.63) is 30.3 Å². The lowest BCUT2D eigenvalue weighted by molar-refractivity contribution is -0.139. The minimum absolute atomic E-state index is 0.381. The first-order chi connectivity index (χ1) is 10.1. The molecule has 0 fully saturated rings. The topological polar surface area (TPSA) is 75.3 Å². The molecule has 7 heteroatoms. The van der Waals surface area contributed by atoms with E-state index in [1.165, 1.54) is 23.5 Å². The van der Waals surface area contributed by atoms with Crippen molar-refractivity contribution in [3.8, 4) is 0 Å².